The summed E-state index contributed by atoms with van der Waals surface area (Å²) in [7, 11) is 1.85. The fourth-order valence-electron chi connectivity index (χ4n) is 3.18. The molecule has 8 heteroatoms. The van der Waals surface area contributed by atoms with Crippen LogP contribution in [0.25, 0.3) is 11.1 Å². The number of morpholine rings is 1. The first-order valence-corrected chi connectivity index (χ1v) is 9.25. The van der Waals surface area contributed by atoms with E-state index in [1.165, 1.54) is 0 Å². The van der Waals surface area contributed by atoms with Crippen LogP contribution in [0.1, 0.15) is 22.0 Å². The Kier molecular flexibility index (Phi) is 5.12. The SMILES string of the molecule is Cc1ccc(CNC(=O)c2cc(-c3cnc(N4CCOCC4)nc3)cn2C)o1. The second-order valence-corrected chi connectivity index (χ2v) is 6.79. The molecule has 0 saturated carbocycles. The summed E-state index contributed by atoms with van der Waals surface area (Å²) in [6.45, 7) is 5.21. The summed E-state index contributed by atoms with van der Waals surface area (Å²) >= 11 is 0. The lowest BCUT2D eigenvalue weighted by Gasteiger charge is -2.26. The maximum atomic E-state index is 12.5. The second kappa shape index (κ2) is 7.85. The lowest BCUT2D eigenvalue weighted by atomic mass is 10.2. The van der Waals surface area contributed by atoms with Gasteiger partial charge in [0.15, 0.2) is 0 Å². The molecule has 0 radical (unpaired) electrons. The molecule has 1 fully saturated rings. The fourth-order valence-corrected chi connectivity index (χ4v) is 3.18. The smallest absolute Gasteiger partial charge is 0.268 e. The molecule has 0 bridgehead atoms. The first-order chi connectivity index (χ1) is 13.6. The third kappa shape index (κ3) is 3.91. The average molecular weight is 381 g/mol. The summed E-state index contributed by atoms with van der Waals surface area (Å²) in [5, 5.41) is 2.88. The van der Waals surface area contributed by atoms with Gasteiger partial charge in [-0.2, -0.15) is 0 Å². The van der Waals surface area contributed by atoms with Crippen LogP contribution in [0.5, 0.6) is 0 Å². The van der Waals surface area contributed by atoms with E-state index in [0.29, 0.717) is 31.4 Å². The van der Waals surface area contributed by atoms with Gasteiger partial charge in [-0.15, -0.1) is 0 Å². The van der Waals surface area contributed by atoms with Crippen molar-refractivity contribution in [2.45, 2.75) is 13.5 Å². The van der Waals surface area contributed by atoms with Crippen LogP contribution in [-0.2, 0) is 18.3 Å². The molecule has 146 valence electrons. The van der Waals surface area contributed by atoms with E-state index < -0.39 is 0 Å². The highest BCUT2D eigenvalue weighted by Gasteiger charge is 2.16. The number of furan rings is 1. The summed E-state index contributed by atoms with van der Waals surface area (Å²) in [6, 6.07) is 5.58. The predicted molar refractivity (Wildman–Crippen MR) is 104 cm³/mol. The molecule has 28 heavy (non-hydrogen) atoms. The minimum Gasteiger partial charge on any atom is -0.465 e. The number of aromatic nitrogens is 3. The van der Waals surface area contributed by atoms with Crippen molar-refractivity contribution in [1.29, 1.82) is 0 Å². The van der Waals surface area contributed by atoms with Crippen LogP contribution in [0.15, 0.2) is 41.2 Å². The Morgan fingerprint density at radius 3 is 2.61 bits per heavy atom. The summed E-state index contributed by atoms with van der Waals surface area (Å²) in [5.41, 5.74) is 2.33. The lowest BCUT2D eigenvalue weighted by Crippen LogP contribution is -2.37. The second-order valence-electron chi connectivity index (χ2n) is 6.79. The molecule has 0 aliphatic carbocycles. The van der Waals surface area contributed by atoms with Crippen LogP contribution < -0.4 is 10.2 Å². The topological polar surface area (TPSA) is 85.4 Å². The number of aryl methyl sites for hydroxylation is 2. The first kappa shape index (κ1) is 18.2. The number of hydrogen-bond acceptors (Lipinski definition) is 6. The van der Waals surface area contributed by atoms with Crippen molar-refractivity contribution >= 4 is 11.9 Å². The molecule has 3 aromatic heterocycles. The Morgan fingerprint density at radius 2 is 1.93 bits per heavy atom. The summed E-state index contributed by atoms with van der Waals surface area (Å²) in [6.07, 6.45) is 5.49. The Balaban J connectivity index is 1.45. The van der Waals surface area contributed by atoms with E-state index in [9.17, 15) is 4.79 Å². The number of anilines is 1. The molecule has 1 N–H and O–H groups in total. The van der Waals surface area contributed by atoms with E-state index in [4.69, 9.17) is 9.15 Å². The summed E-state index contributed by atoms with van der Waals surface area (Å²) < 4.78 is 12.6. The third-order valence-corrected chi connectivity index (χ3v) is 4.72. The maximum absolute atomic E-state index is 12.5. The van der Waals surface area contributed by atoms with Gasteiger partial charge in [-0.25, -0.2) is 9.97 Å². The molecular formula is C20H23N5O3. The fraction of sp³-hybridized carbons (Fsp3) is 0.350. The molecule has 8 nitrogen and oxygen atoms in total. The van der Waals surface area contributed by atoms with E-state index in [0.717, 1.165) is 35.7 Å². The van der Waals surface area contributed by atoms with E-state index in [-0.39, 0.29) is 5.91 Å². The highest BCUT2D eigenvalue weighted by molar-refractivity contribution is 5.94. The molecule has 0 atom stereocenters. The Labute approximate surface area is 163 Å². The van der Waals surface area contributed by atoms with Crippen LogP contribution >= 0.6 is 0 Å². The van der Waals surface area contributed by atoms with Gasteiger partial charge in [-0.05, 0) is 25.1 Å². The van der Waals surface area contributed by atoms with Gasteiger partial charge in [-0.1, -0.05) is 0 Å². The van der Waals surface area contributed by atoms with Gasteiger partial charge in [0.1, 0.15) is 17.2 Å². The van der Waals surface area contributed by atoms with Crippen molar-refractivity contribution < 1.29 is 13.9 Å². The number of carbonyl (C=O) groups is 1. The Bertz CT molecular complexity index is 955. The number of nitrogens with one attached hydrogen (secondary N) is 1. The molecule has 0 spiro atoms. The van der Waals surface area contributed by atoms with Gasteiger partial charge < -0.3 is 23.9 Å². The number of rotatable bonds is 5. The molecule has 3 aromatic rings. The zero-order valence-electron chi connectivity index (χ0n) is 16.0. The number of ether oxygens (including phenoxy) is 1. The molecular weight excluding hydrogens is 358 g/mol. The number of amides is 1. The first-order valence-electron chi connectivity index (χ1n) is 9.25. The van der Waals surface area contributed by atoms with Gasteiger partial charge in [0.05, 0.1) is 19.8 Å². The van der Waals surface area contributed by atoms with Crippen molar-refractivity contribution in [3.63, 3.8) is 0 Å². The van der Waals surface area contributed by atoms with Gasteiger partial charge in [0.25, 0.3) is 5.91 Å². The number of hydrogen-bond donors (Lipinski definition) is 1. The van der Waals surface area contributed by atoms with Crippen LogP contribution in [0.4, 0.5) is 5.95 Å². The monoisotopic (exact) mass is 381 g/mol. The molecule has 1 amide bonds. The summed E-state index contributed by atoms with van der Waals surface area (Å²) in [5.74, 6) is 2.10. The molecule has 0 aromatic carbocycles. The molecule has 1 aliphatic heterocycles. The van der Waals surface area contributed by atoms with Crippen LogP contribution in [0.2, 0.25) is 0 Å². The van der Waals surface area contributed by atoms with E-state index >= 15 is 0 Å². The van der Waals surface area contributed by atoms with Crippen molar-refractivity contribution in [2.24, 2.45) is 7.05 Å². The zero-order chi connectivity index (χ0) is 19.5. The van der Waals surface area contributed by atoms with Crippen molar-refractivity contribution in [2.75, 3.05) is 31.2 Å². The Hall–Kier alpha value is -3.13. The maximum Gasteiger partial charge on any atom is 0.268 e. The predicted octanol–water partition coefficient (Wildman–Crippen LogP) is 2.15. The summed E-state index contributed by atoms with van der Waals surface area (Å²) in [4.78, 5) is 23.6. The molecule has 0 unspecified atom stereocenters. The van der Waals surface area contributed by atoms with E-state index in [2.05, 4.69) is 20.2 Å². The largest absolute Gasteiger partial charge is 0.465 e. The van der Waals surface area contributed by atoms with Crippen molar-refractivity contribution in [3.05, 3.63) is 54.0 Å². The van der Waals surface area contributed by atoms with Crippen LogP contribution in [0.3, 0.4) is 0 Å². The Morgan fingerprint density at radius 1 is 1.18 bits per heavy atom. The normalized spacial score (nSPS) is 14.3. The van der Waals surface area contributed by atoms with Gasteiger partial charge in [-0.3, -0.25) is 4.79 Å². The van der Waals surface area contributed by atoms with E-state index in [1.54, 1.807) is 17.0 Å². The average Bonchev–Trinajstić information content (AvgIpc) is 3.32. The third-order valence-electron chi connectivity index (χ3n) is 4.72. The minimum absolute atomic E-state index is 0.159. The van der Waals surface area contributed by atoms with Gasteiger partial charge in [0, 0.05) is 49.9 Å². The molecule has 1 aliphatic rings. The molecule has 1 saturated heterocycles. The van der Waals surface area contributed by atoms with Gasteiger partial charge >= 0.3 is 0 Å². The van der Waals surface area contributed by atoms with Crippen molar-refractivity contribution in [1.82, 2.24) is 19.9 Å². The standard InChI is InChI=1S/C20H23N5O3/c1-14-3-4-17(28-14)12-21-19(26)18-9-15(13-24(18)2)16-10-22-20(23-11-16)25-5-7-27-8-6-25/h3-4,9-11,13H,5-8,12H2,1-2H3,(H,21,26). The van der Waals surface area contributed by atoms with Crippen LogP contribution in [0, 0.1) is 6.92 Å². The highest BCUT2D eigenvalue weighted by atomic mass is 16.5. The van der Waals surface area contributed by atoms with Crippen molar-refractivity contribution in [3.8, 4) is 11.1 Å². The minimum atomic E-state index is -0.159. The quantitative estimate of drug-likeness (QED) is 0.729. The zero-order valence-corrected chi connectivity index (χ0v) is 16.0. The highest BCUT2D eigenvalue weighted by Crippen LogP contribution is 2.22. The lowest BCUT2D eigenvalue weighted by molar-refractivity contribution is 0.0939. The molecule has 4 heterocycles. The number of carbonyl (C=O) groups excluding carboxylic acids is 1. The molecule has 4 rings (SSSR count). The van der Waals surface area contributed by atoms with E-state index in [1.807, 2.05) is 38.4 Å². The van der Waals surface area contributed by atoms with Crippen LogP contribution in [-0.4, -0.2) is 46.7 Å². The van der Waals surface area contributed by atoms with Gasteiger partial charge in [0.2, 0.25) is 5.95 Å². The number of nitrogens with zero attached hydrogens (tertiary/aromatic N) is 4.